The first kappa shape index (κ1) is 14.8. The van der Waals surface area contributed by atoms with Crippen LogP contribution in [-0.4, -0.2) is 27.2 Å². The number of carboxylic acids is 1. The lowest BCUT2D eigenvalue weighted by Gasteiger charge is -2.07. The topological polar surface area (TPSA) is 103 Å². The lowest BCUT2D eigenvalue weighted by Crippen LogP contribution is -2.03. The van der Waals surface area contributed by atoms with Crippen molar-refractivity contribution in [1.82, 2.24) is 4.98 Å². The molecule has 0 spiro atoms. The van der Waals surface area contributed by atoms with Gasteiger partial charge < -0.3 is 9.84 Å². The second-order valence-electron chi connectivity index (χ2n) is 3.89. The smallest absolute Gasteiger partial charge is 0.341 e. The standard InChI is InChI=1S/C13H10N2O5S/c1-21-10-4-2-9(3-5-10)20-12-11(13(16)17)6-8(7-14-12)15(18)19/h2-7H,1H3,(H,16,17). The molecule has 0 fully saturated rings. The monoisotopic (exact) mass is 306 g/mol. The van der Waals surface area contributed by atoms with Crippen molar-refractivity contribution < 1.29 is 19.6 Å². The van der Waals surface area contributed by atoms with Gasteiger partial charge in [0.2, 0.25) is 5.88 Å². The molecule has 0 amide bonds. The van der Waals surface area contributed by atoms with Gasteiger partial charge in [0.15, 0.2) is 0 Å². The Labute approximate surface area is 123 Å². The van der Waals surface area contributed by atoms with Gasteiger partial charge in [-0.1, -0.05) is 0 Å². The number of thioether (sulfide) groups is 1. The molecule has 0 bridgehead atoms. The van der Waals surface area contributed by atoms with E-state index in [1.807, 2.05) is 18.4 Å². The third kappa shape index (κ3) is 3.48. The van der Waals surface area contributed by atoms with Crippen LogP contribution in [0.5, 0.6) is 11.6 Å². The lowest BCUT2D eigenvalue weighted by molar-refractivity contribution is -0.385. The van der Waals surface area contributed by atoms with Crippen molar-refractivity contribution in [2.24, 2.45) is 0 Å². The molecule has 108 valence electrons. The highest BCUT2D eigenvalue weighted by atomic mass is 32.2. The molecular formula is C13H10N2O5S. The van der Waals surface area contributed by atoms with Gasteiger partial charge in [-0.2, -0.15) is 0 Å². The predicted octanol–water partition coefficient (Wildman–Crippen LogP) is 3.20. The average molecular weight is 306 g/mol. The Morgan fingerprint density at radius 1 is 1.38 bits per heavy atom. The maximum absolute atomic E-state index is 11.1. The van der Waals surface area contributed by atoms with Gasteiger partial charge in [-0.05, 0) is 30.5 Å². The van der Waals surface area contributed by atoms with Crippen LogP contribution >= 0.6 is 11.8 Å². The van der Waals surface area contributed by atoms with Crippen LogP contribution in [0.15, 0.2) is 41.4 Å². The minimum absolute atomic E-state index is 0.190. The van der Waals surface area contributed by atoms with E-state index >= 15 is 0 Å². The van der Waals surface area contributed by atoms with E-state index in [4.69, 9.17) is 9.84 Å². The summed E-state index contributed by atoms with van der Waals surface area (Å²) in [6.45, 7) is 0. The summed E-state index contributed by atoms with van der Waals surface area (Å²) in [5.74, 6) is -1.14. The van der Waals surface area contributed by atoms with Gasteiger partial charge in [-0.15, -0.1) is 11.8 Å². The molecule has 8 heteroatoms. The molecule has 0 unspecified atom stereocenters. The van der Waals surface area contributed by atoms with Gasteiger partial charge in [-0.3, -0.25) is 10.1 Å². The predicted molar refractivity (Wildman–Crippen MR) is 76.1 cm³/mol. The van der Waals surface area contributed by atoms with Crippen molar-refractivity contribution in [3.05, 3.63) is 52.2 Å². The van der Waals surface area contributed by atoms with Crippen LogP contribution in [0.2, 0.25) is 0 Å². The Kier molecular flexibility index (Phi) is 4.39. The van der Waals surface area contributed by atoms with Gasteiger partial charge in [-0.25, -0.2) is 9.78 Å². The Hall–Kier alpha value is -2.61. The fourth-order valence-corrected chi connectivity index (χ4v) is 1.94. The zero-order valence-electron chi connectivity index (χ0n) is 10.8. The van der Waals surface area contributed by atoms with Crippen LogP contribution < -0.4 is 4.74 Å². The molecule has 0 aliphatic rings. The van der Waals surface area contributed by atoms with E-state index in [-0.39, 0.29) is 11.4 Å². The minimum Gasteiger partial charge on any atom is -0.477 e. The molecule has 1 N–H and O–H groups in total. The molecular weight excluding hydrogens is 296 g/mol. The van der Waals surface area contributed by atoms with E-state index in [2.05, 4.69) is 4.98 Å². The van der Waals surface area contributed by atoms with Crippen molar-refractivity contribution in [2.75, 3.05) is 6.26 Å². The number of hydrogen-bond donors (Lipinski definition) is 1. The molecule has 2 aromatic rings. The number of carboxylic acid groups (broad SMARTS) is 1. The number of benzene rings is 1. The molecule has 0 atom stereocenters. The molecule has 1 aromatic carbocycles. The summed E-state index contributed by atoms with van der Waals surface area (Å²) in [6.07, 6.45) is 2.88. The quantitative estimate of drug-likeness (QED) is 0.514. The SMILES string of the molecule is CSc1ccc(Oc2ncc([N+](=O)[O-])cc2C(=O)O)cc1. The zero-order valence-corrected chi connectivity index (χ0v) is 11.7. The second kappa shape index (κ2) is 6.23. The molecule has 0 radical (unpaired) electrons. The van der Waals surface area contributed by atoms with E-state index in [1.165, 1.54) is 0 Å². The Balaban J connectivity index is 2.34. The molecule has 7 nitrogen and oxygen atoms in total. The lowest BCUT2D eigenvalue weighted by atomic mass is 10.2. The summed E-state index contributed by atoms with van der Waals surface area (Å²) in [6, 6.07) is 7.87. The summed E-state index contributed by atoms with van der Waals surface area (Å²) >= 11 is 1.56. The second-order valence-corrected chi connectivity index (χ2v) is 4.77. The highest BCUT2D eigenvalue weighted by Gasteiger charge is 2.19. The van der Waals surface area contributed by atoms with Crippen LogP contribution in [0, 0.1) is 10.1 Å². The first-order valence-electron chi connectivity index (χ1n) is 5.71. The minimum atomic E-state index is -1.35. The summed E-state index contributed by atoms with van der Waals surface area (Å²) in [7, 11) is 0. The number of carbonyl (C=O) groups is 1. The first-order chi connectivity index (χ1) is 10.0. The highest BCUT2D eigenvalue weighted by Crippen LogP contribution is 2.27. The highest BCUT2D eigenvalue weighted by molar-refractivity contribution is 7.98. The maximum Gasteiger partial charge on any atom is 0.341 e. The molecule has 0 saturated carbocycles. The molecule has 2 rings (SSSR count). The molecule has 0 aliphatic heterocycles. The number of aromatic carboxylic acids is 1. The van der Waals surface area contributed by atoms with Crippen molar-refractivity contribution in [3.8, 4) is 11.6 Å². The van der Waals surface area contributed by atoms with Crippen molar-refractivity contribution >= 4 is 23.4 Å². The Bertz CT molecular complexity index is 687. The van der Waals surface area contributed by atoms with E-state index in [1.54, 1.807) is 23.9 Å². The summed E-state index contributed by atoms with van der Waals surface area (Å²) in [5.41, 5.74) is -0.768. The van der Waals surface area contributed by atoms with Crippen molar-refractivity contribution in [1.29, 1.82) is 0 Å². The van der Waals surface area contributed by atoms with E-state index in [9.17, 15) is 14.9 Å². The summed E-state index contributed by atoms with van der Waals surface area (Å²) < 4.78 is 5.38. The number of pyridine rings is 1. The third-order valence-electron chi connectivity index (χ3n) is 2.55. The van der Waals surface area contributed by atoms with Crippen LogP contribution in [-0.2, 0) is 0 Å². The fourth-order valence-electron chi connectivity index (χ4n) is 1.53. The van der Waals surface area contributed by atoms with Gasteiger partial charge >= 0.3 is 5.97 Å². The van der Waals surface area contributed by atoms with Crippen LogP contribution in [0.4, 0.5) is 5.69 Å². The van der Waals surface area contributed by atoms with Gasteiger partial charge in [0.1, 0.15) is 17.5 Å². The normalized spacial score (nSPS) is 10.1. The Morgan fingerprint density at radius 2 is 2.05 bits per heavy atom. The molecule has 1 heterocycles. The fraction of sp³-hybridized carbons (Fsp3) is 0.0769. The summed E-state index contributed by atoms with van der Waals surface area (Å²) in [5, 5.41) is 19.7. The van der Waals surface area contributed by atoms with Crippen molar-refractivity contribution in [2.45, 2.75) is 4.90 Å². The van der Waals surface area contributed by atoms with E-state index < -0.39 is 16.6 Å². The number of hydrogen-bond acceptors (Lipinski definition) is 6. The van der Waals surface area contributed by atoms with E-state index in [0.717, 1.165) is 17.2 Å². The van der Waals surface area contributed by atoms with Crippen LogP contribution in [0.3, 0.4) is 0 Å². The number of aromatic nitrogens is 1. The number of nitrogens with zero attached hydrogens (tertiary/aromatic N) is 2. The Morgan fingerprint density at radius 3 is 2.57 bits per heavy atom. The zero-order chi connectivity index (χ0) is 15.4. The molecule has 0 aliphatic carbocycles. The first-order valence-corrected chi connectivity index (χ1v) is 6.93. The molecule has 21 heavy (non-hydrogen) atoms. The number of ether oxygens (including phenoxy) is 1. The van der Waals surface area contributed by atoms with Gasteiger partial charge in [0, 0.05) is 11.0 Å². The van der Waals surface area contributed by atoms with Crippen LogP contribution in [0.25, 0.3) is 0 Å². The van der Waals surface area contributed by atoms with Gasteiger partial charge in [0.25, 0.3) is 5.69 Å². The largest absolute Gasteiger partial charge is 0.477 e. The molecule has 0 saturated heterocycles. The summed E-state index contributed by atoms with van der Waals surface area (Å²) in [4.78, 5) is 25.8. The van der Waals surface area contributed by atoms with E-state index in [0.29, 0.717) is 5.75 Å². The number of rotatable bonds is 5. The number of nitro groups is 1. The molecule has 1 aromatic heterocycles. The third-order valence-corrected chi connectivity index (χ3v) is 3.30. The maximum atomic E-state index is 11.1. The van der Waals surface area contributed by atoms with Crippen LogP contribution in [0.1, 0.15) is 10.4 Å². The van der Waals surface area contributed by atoms with Gasteiger partial charge in [0.05, 0.1) is 4.92 Å². The van der Waals surface area contributed by atoms with Crippen molar-refractivity contribution in [3.63, 3.8) is 0 Å². The average Bonchev–Trinajstić information content (AvgIpc) is 2.48.